The minimum atomic E-state index is -4.47. The van der Waals surface area contributed by atoms with Gasteiger partial charge < -0.3 is 5.73 Å². The minimum absolute atomic E-state index is 0.0155. The second kappa shape index (κ2) is 2.86. The predicted molar refractivity (Wildman–Crippen MR) is 40.9 cm³/mol. The van der Waals surface area contributed by atoms with E-state index in [4.69, 9.17) is 5.73 Å². The van der Waals surface area contributed by atoms with E-state index < -0.39 is 11.9 Å². The summed E-state index contributed by atoms with van der Waals surface area (Å²) in [4.78, 5) is 6.76. The van der Waals surface area contributed by atoms with Crippen molar-refractivity contribution in [2.24, 2.45) is 0 Å². The van der Waals surface area contributed by atoms with Crippen LogP contribution in [0.15, 0.2) is 0 Å². The molecule has 0 aliphatic heterocycles. The smallest absolute Gasteiger partial charge is 0.368 e. The molecule has 0 unspecified atom stereocenters. The number of anilines is 1. The van der Waals surface area contributed by atoms with Crippen molar-refractivity contribution in [3.8, 4) is 0 Å². The molecule has 0 aromatic carbocycles. The Morgan fingerprint density at radius 1 is 1.15 bits per heavy atom. The van der Waals surface area contributed by atoms with Gasteiger partial charge in [-0.05, 0) is 13.8 Å². The third kappa shape index (κ3) is 1.88. The van der Waals surface area contributed by atoms with Crippen LogP contribution in [-0.2, 0) is 6.18 Å². The molecule has 0 amide bonds. The van der Waals surface area contributed by atoms with E-state index in [2.05, 4.69) is 9.97 Å². The van der Waals surface area contributed by atoms with Crippen LogP contribution in [0.25, 0.3) is 0 Å². The number of hydrogen-bond acceptors (Lipinski definition) is 3. The molecule has 1 aromatic heterocycles. The van der Waals surface area contributed by atoms with Crippen molar-refractivity contribution in [3.63, 3.8) is 0 Å². The summed E-state index contributed by atoms with van der Waals surface area (Å²) in [5.74, 6) is -0.351. The Kier molecular flexibility index (Phi) is 2.15. The Hall–Kier alpha value is -1.33. The van der Waals surface area contributed by atoms with Gasteiger partial charge in [-0.15, -0.1) is 0 Å². The zero-order valence-electron chi connectivity index (χ0n) is 7.11. The van der Waals surface area contributed by atoms with Crippen LogP contribution in [0.5, 0.6) is 0 Å². The Balaban J connectivity index is 3.37. The molecular formula is C7H8F3N3. The van der Waals surface area contributed by atoms with Crippen molar-refractivity contribution in [3.05, 3.63) is 17.0 Å². The van der Waals surface area contributed by atoms with Gasteiger partial charge in [-0.2, -0.15) is 13.2 Å². The van der Waals surface area contributed by atoms with Crippen LogP contribution in [0.4, 0.5) is 19.1 Å². The van der Waals surface area contributed by atoms with Gasteiger partial charge in [-0.3, -0.25) is 0 Å². The maximum Gasteiger partial charge on any atom is 0.433 e. The Bertz CT molecular complexity index is 332. The molecule has 0 bridgehead atoms. The normalized spacial score (nSPS) is 11.8. The number of nitrogens with zero attached hydrogens (tertiary/aromatic N) is 2. The molecule has 1 aromatic rings. The van der Waals surface area contributed by atoms with E-state index in [1.54, 1.807) is 0 Å². The van der Waals surface area contributed by atoms with Gasteiger partial charge in [0.25, 0.3) is 0 Å². The van der Waals surface area contributed by atoms with Crippen LogP contribution >= 0.6 is 0 Å². The number of nitrogen functional groups attached to an aromatic ring is 1. The van der Waals surface area contributed by atoms with Crippen molar-refractivity contribution < 1.29 is 13.2 Å². The standard InChI is InChI=1S/C7H8F3N3/c1-3-4(2)12-6(11)13-5(3)7(8,9)10/h1-2H3,(H2,11,12,13). The predicted octanol–water partition coefficient (Wildman–Crippen LogP) is 1.69. The molecule has 6 heteroatoms. The average molecular weight is 191 g/mol. The minimum Gasteiger partial charge on any atom is -0.368 e. The third-order valence-corrected chi connectivity index (χ3v) is 1.68. The quantitative estimate of drug-likeness (QED) is 0.678. The molecule has 0 fully saturated rings. The van der Waals surface area contributed by atoms with Crippen LogP contribution in [0, 0.1) is 13.8 Å². The summed E-state index contributed by atoms with van der Waals surface area (Å²) in [5.41, 5.74) is 4.41. The topological polar surface area (TPSA) is 51.8 Å². The summed E-state index contributed by atoms with van der Waals surface area (Å²) in [7, 11) is 0. The van der Waals surface area contributed by atoms with E-state index in [1.165, 1.54) is 13.8 Å². The van der Waals surface area contributed by atoms with E-state index >= 15 is 0 Å². The molecule has 0 saturated carbocycles. The highest BCUT2D eigenvalue weighted by Gasteiger charge is 2.35. The number of aromatic nitrogens is 2. The molecule has 72 valence electrons. The van der Waals surface area contributed by atoms with Gasteiger partial charge in [0.1, 0.15) is 0 Å². The lowest BCUT2D eigenvalue weighted by molar-refractivity contribution is -0.141. The fourth-order valence-electron chi connectivity index (χ4n) is 0.926. The number of aryl methyl sites for hydroxylation is 1. The maximum atomic E-state index is 12.3. The van der Waals surface area contributed by atoms with Crippen LogP contribution in [0.1, 0.15) is 17.0 Å². The highest BCUT2D eigenvalue weighted by atomic mass is 19.4. The lowest BCUT2D eigenvalue weighted by Crippen LogP contribution is -2.14. The van der Waals surface area contributed by atoms with E-state index in [1.807, 2.05) is 0 Å². The van der Waals surface area contributed by atoms with Crippen LogP contribution in [0.3, 0.4) is 0 Å². The molecule has 0 saturated heterocycles. The van der Waals surface area contributed by atoms with Crippen molar-refractivity contribution in [2.75, 3.05) is 5.73 Å². The summed E-state index contributed by atoms with van der Waals surface area (Å²) in [5, 5.41) is 0. The fraction of sp³-hybridized carbons (Fsp3) is 0.429. The summed E-state index contributed by atoms with van der Waals surface area (Å²) in [6.07, 6.45) is -4.47. The summed E-state index contributed by atoms with van der Waals surface area (Å²) in [6, 6.07) is 0. The highest BCUT2D eigenvalue weighted by Crippen LogP contribution is 2.31. The second-order valence-electron chi connectivity index (χ2n) is 2.64. The van der Waals surface area contributed by atoms with Gasteiger partial charge in [0.05, 0.1) is 0 Å². The number of alkyl halides is 3. The Morgan fingerprint density at radius 3 is 2.15 bits per heavy atom. The van der Waals surface area contributed by atoms with Crippen LogP contribution < -0.4 is 5.73 Å². The third-order valence-electron chi connectivity index (χ3n) is 1.68. The molecule has 2 N–H and O–H groups in total. The van der Waals surface area contributed by atoms with Gasteiger partial charge in [-0.25, -0.2) is 9.97 Å². The van der Waals surface area contributed by atoms with Crippen molar-refractivity contribution in [1.82, 2.24) is 9.97 Å². The zero-order valence-corrected chi connectivity index (χ0v) is 7.11. The summed E-state index contributed by atoms with van der Waals surface area (Å²) >= 11 is 0. The monoisotopic (exact) mass is 191 g/mol. The molecule has 0 spiro atoms. The molecule has 1 rings (SSSR count). The van der Waals surface area contributed by atoms with E-state index in [9.17, 15) is 13.2 Å². The molecule has 0 radical (unpaired) electrons. The van der Waals surface area contributed by atoms with Crippen LogP contribution in [-0.4, -0.2) is 9.97 Å². The highest BCUT2D eigenvalue weighted by molar-refractivity contribution is 5.31. The second-order valence-corrected chi connectivity index (χ2v) is 2.64. The molecule has 0 aliphatic carbocycles. The summed E-state index contributed by atoms with van der Waals surface area (Å²) in [6.45, 7) is 2.78. The van der Waals surface area contributed by atoms with E-state index in [0.29, 0.717) is 0 Å². The van der Waals surface area contributed by atoms with Gasteiger partial charge in [0.15, 0.2) is 5.69 Å². The molecule has 0 aliphatic rings. The van der Waals surface area contributed by atoms with Crippen molar-refractivity contribution in [1.29, 1.82) is 0 Å². The van der Waals surface area contributed by atoms with Crippen molar-refractivity contribution in [2.45, 2.75) is 20.0 Å². The Labute approximate surface area is 72.8 Å². The van der Waals surface area contributed by atoms with Gasteiger partial charge in [-0.1, -0.05) is 0 Å². The average Bonchev–Trinajstić information content (AvgIpc) is 1.94. The summed E-state index contributed by atoms with van der Waals surface area (Å²) < 4.78 is 36.8. The first-order valence-electron chi connectivity index (χ1n) is 3.50. The largest absolute Gasteiger partial charge is 0.433 e. The first-order valence-corrected chi connectivity index (χ1v) is 3.50. The van der Waals surface area contributed by atoms with Crippen LogP contribution in [0.2, 0.25) is 0 Å². The van der Waals surface area contributed by atoms with Crippen molar-refractivity contribution >= 4 is 5.95 Å². The number of nitrogens with two attached hydrogens (primary N) is 1. The molecule has 0 atom stereocenters. The van der Waals surface area contributed by atoms with Gasteiger partial charge >= 0.3 is 6.18 Å². The van der Waals surface area contributed by atoms with E-state index in [-0.39, 0.29) is 17.2 Å². The Morgan fingerprint density at radius 2 is 1.69 bits per heavy atom. The number of hydrogen-bond donors (Lipinski definition) is 1. The van der Waals surface area contributed by atoms with Gasteiger partial charge in [0.2, 0.25) is 5.95 Å². The van der Waals surface area contributed by atoms with E-state index in [0.717, 1.165) is 0 Å². The lowest BCUT2D eigenvalue weighted by Gasteiger charge is -2.10. The number of rotatable bonds is 0. The lowest BCUT2D eigenvalue weighted by atomic mass is 10.2. The number of halogens is 3. The molecule has 3 nitrogen and oxygen atoms in total. The first kappa shape index (κ1) is 9.76. The molecular weight excluding hydrogens is 183 g/mol. The van der Waals surface area contributed by atoms with Gasteiger partial charge in [0, 0.05) is 11.3 Å². The molecule has 1 heterocycles. The SMILES string of the molecule is Cc1nc(N)nc(C(F)(F)F)c1C. The molecule has 13 heavy (non-hydrogen) atoms. The maximum absolute atomic E-state index is 12.3. The first-order chi connectivity index (χ1) is 5.82. The fourth-order valence-corrected chi connectivity index (χ4v) is 0.926. The zero-order chi connectivity index (χ0) is 10.2.